The number of rotatable bonds is 6. The lowest BCUT2D eigenvalue weighted by atomic mass is 9.67. The number of carbonyl (C=O) groups is 1. The van der Waals surface area contributed by atoms with Crippen LogP contribution in [0.2, 0.25) is 6.32 Å². The van der Waals surface area contributed by atoms with Crippen LogP contribution in [0.3, 0.4) is 0 Å². The van der Waals surface area contributed by atoms with Gasteiger partial charge in [0.15, 0.2) is 0 Å². The van der Waals surface area contributed by atoms with Gasteiger partial charge in [-0.1, -0.05) is 61.2 Å². The van der Waals surface area contributed by atoms with E-state index in [0.717, 1.165) is 19.3 Å². The Morgan fingerprint density at radius 2 is 1.50 bits per heavy atom. The molecule has 1 aliphatic rings. The summed E-state index contributed by atoms with van der Waals surface area (Å²) in [5.74, 6) is 1.91. The van der Waals surface area contributed by atoms with Crippen molar-refractivity contribution in [2.45, 2.75) is 93.5 Å². The molecule has 0 aromatic heterocycles. The van der Waals surface area contributed by atoms with Gasteiger partial charge in [0.2, 0.25) is 0 Å². The summed E-state index contributed by atoms with van der Waals surface area (Å²) in [6.45, 7) is 17.5. The second kappa shape index (κ2) is 8.28. The van der Waals surface area contributed by atoms with Gasteiger partial charge in [0.25, 0.3) is 0 Å². The first-order valence-electron chi connectivity index (χ1n) is 9.82. The van der Waals surface area contributed by atoms with Crippen molar-refractivity contribution in [2.24, 2.45) is 34.5 Å². The van der Waals surface area contributed by atoms with Crippen molar-refractivity contribution in [1.29, 1.82) is 0 Å². The van der Waals surface area contributed by atoms with E-state index >= 15 is 0 Å². The van der Waals surface area contributed by atoms with E-state index in [1.165, 1.54) is 6.42 Å². The molecule has 0 heterocycles. The van der Waals surface area contributed by atoms with E-state index in [9.17, 15) is 4.79 Å². The van der Waals surface area contributed by atoms with Gasteiger partial charge >= 0.3 is 5.97 Å². The summed E-state index contributed by atoms with van der Waals surface area (Å²) in [5, 5.41) is 0. The maximum Gasteiger partial charge on any atom is 0.311 e. The third-order valence-corrected chi connectivity index (χ3v) is 5.74. The van der Waals surface area contributed by atoms with Crippen LogP contribution in [0.1, 0.15) is 81.1 Å². The van der Waals surface area contributed by atoms with Crippen molar-refractivity contribution in [3.05, 3.63) is 0 Å². The highest BCUT2D eigenvalue weighted by Crippen LogP contribution is 2.42. The van der Waals surface area contributed by atoms with E-state index in [2.05, 4.69) is 48.5 Å². The zero-order valence-corrected chi connectivity index (χ0v) is 17.3. The van der Waals surface area contributed by atoms with Crippen LogP contribution in [-0.4, -0.2) is 19.9 Å². The normalized spacial score (nSPS) is 28.0. The van der Waals surface area contributed by atoms with Gasteiger partial charge < -0.3 is 4.74 Å². The van der Waals surface area contributed by atoms with Gasteiger partial charge in [0.1, 0.15) is 6.10 Å². The molecule has 0 aromatic carbocycles. The van der Waals surface area contributed by atoms with E-state index in [1.54, 1.807) is 0 Å². The maximum absolute atomic E-state index is 13.1. The molecule has 1 saturated carbocycles. The first-order chi connectivity index (χ1) is 10.9. The molecular formula is C21H39BO2. The van der Waals surface area contributed by atoms with E-state index in [-0.39, 0.29) is 17.5 Å². The topological polar surface area (TPSA) is 26.3 Å². The summed E-state index contributed by atoms with van der Waals surface area (Å²) in [5.41, 5.74) is -0.548. The summed E-state index contributed by atoms with van der Waals surface area (Å²) in [6.07, 6.45) is 4.71. The third kappa shape index (κ3) is 5.53. The van der Waals surface area contributed by atoms with Crippen molar-refractivity contribution < 1.29 is 9.53 Å². The molecule has 0 amide bonds. The summed E-state index contributed by atoms with van der Waals surface area (Å²) < 4.78 is 6.22. The van der Waals surface area contributed by atoms with Crippen molar-refractivity contribution in [3.63, 3.8) is 0 Å². The molecule has 0 spiro atoms. The number of carbonyl (C=O) groups excluding carboxylic acids is 1. The van der Waals surface area contributed by atoms with Gasteiger partial charge in [-0.25, -0.2) is 0 Å². The van der Waals surface area contributed by atoms with Crippen LogP contribution in [0, 0.1) is 34.5 Å². The van der Waals surface area contributed by atoms with Crippen LogP contribution in [0.4, 0.5) is 0 Å². The van der Waals surface area contributed by atoms with Crippen LogP contribution in [0.25, 0.3) is 0 Å². The van der Waals surface area contributed by atoms with Gasteiger partial charge in [0.05, 0.1) is 13.3 Å². The smallest absolute Gasteiger partial charge is 0.311 e. The third-order valence-electron chi connectivity index (χ3n) is 5.74. The van der Waals surface area contributed by atoms with Gasteiger partial charge in [-0.05, 0) is 55.3 Å². The van der Waals surface area contributed by atoms with E-state index in [4.69, 9.17) is 12.6 Å². The van der Waals surface area contributed by atoms with Crippen molar-refractivity contribution in [3.8, 4) is 0 Å². The average Bonchev–Trinajstić information content (AvgIpc) is 2.44. The lowest BCUT2D eigenvalue weighted by Gasteiger charge is -2.43. The number of hydrogen-bond donors (Lipinski definition) is 0. The molecule has 0 bridgehead atoms. The molecule has 3 atom stereocenters. The second-order valence-electron chi connectivity index (χ2n) is 10.1. The highest BCUT2D eigenvalue weighted by molar-refractivity contribution is 6.10. The van der Waals surface area contributed by atoms with E-state index < -0.39 is 5.41 Å². The SMILES string of the molecule is [B]CC(C)(CC(C)(C)C)C(=O)OC1C(C(C)C)CCCC1C(C)C. The van der Waals surface area contributed by atoms with Gasteiger partial charge in [0, 0.05) is 0 Å². The minimum Gasteiger partial charge on any atom is -0.461 e. The predicted octanol–water partition coefficient (Wildman–Crippen LogP) is 5.66. The molecule has 24 heavy (non-hydrogen) atoms. The molecule has 0 aliphatic heterocycles. The molecule has 1 aliphatic carbocycles. The standard InChI is InChI=1S/C21H39BO2/c1-14(2)16-10-9-11-17(15(3)4)18(16)24-19(23)21(8,13-22)12-20(5,6)7/h14-18H,9-13H2,1-8H3. The lowest BCUT2D eigenvalue weighted by Crippen LogP contribution is -2.45. The van der Waals surface area contributed by atoms with Crippen LogP contribution in [0.15, 0.2) is 0 Å². The number of ether oxygens (including phenoxy) is 1. The monoisotopic (exact) mass is 334 g/mol. The van der Waals surface area contributed by atoms with Crippen molar-refractivity contribution in [1.82, 2.24) is 0 Å². The summed E-state index contributed by atoms with van der Waals surface area (Å²) in [4.78, 5) is 13.1. The molecule has 3 heteroatoms. The van der Waals surface area contributed by atoms with Crippen LogP contribution >= 0.6 is 0 Å². The number of esters is 1. The maximum atomic E-state index is 13.1. The summed E-state index contributed by atoms with van der Waals surface area (Å²) >= 11 is 0. The molecule has 0 saturated heterocycles. The zero-order chi connectivity index (χ0) is 18.7. The fourth-order valence-electron chi connectivity index (χ4n) is 4.50. The van der Waals surface area contributed by atoms with Crippen molar-refractivity contribution in [2.75, 3.05) is 0 Å². The number of hydrogen-bond acceptors (Lipinski definition) is 2. The van der Waals surface area contributed by atoms with Gasteiger partial charge in [-0.15, -0.1) is 0 Å². The molecule has 2 nitrogen and oxygen atoms in total. The first kappa shape index (κ1) is 21.6. The molecule has 138 valence electrons. The minimum atomic E-state index is -0.598. The Hall–Kier alpha value is -0.465. The van der Waals surface area contributed by atoms with Gasteiger partial charge in [-0.3, -0.25) is 4.79 Å². The largest absolute Gasteiger partial charge is 0.461 e. The average molecular weight is 334 g/mol. The molecular weight excluding hydrogens is 295 g/mol. The Labute approximate surface area is 151 Å². The quantitative estimate of drug-likeness (QED) is 0.463. The fraction of sp³-hybridized carbons (Fsp3) is 0.952. The Morgan fingerprint density at radius 3 is 1.83 bits per heavy atom. The second-order valence-corrected chi connectivity index (χ2v) is 10.1. The minimum absolute atomic E-state index is 0.0390. The van der Waals surface area contributed by atoms with Crippen molar-refractivity contribution >= 4 is 13.8 Å². The van der Waals surface area contributed by atoms with Gasteiger partial charge in [-0.2, -0.15) is 0 Å². The van der Waals surface area contributed by atoms with Crippen LogP contribution < -0.4 is 0 Å². The first-order valence-corrected chi connectivity index (χ1v) is 9.82. The van der Waals surface area contributed by atoms with Crippen LogP contribution in [0.5, 0.6) is 0 Å². The molecule has 3 unspecified atom stereocenters. The fourth-order valence-corrected chi connectivity index (χ4v) is 4.50. The highest BCUT2D eigenvalue weighted by Gasteiger charge is 2.43. The predicted molar refractivity (Wildman–Crippen MR) is 103 cm³/mol. The van der Waals surface area contributed by atoms with E-state index in [1.807, 2.05) is 6.92 Å². The Bertz CT molecular complexity index is 395. The summed E-state index contributed by atoms with van der Waals surface area (Å²) in [7, 11) is 6.01. The zero-order valence-electron chi connectivity index (χ0n) is 17.3. The summed E-state index contributed by atoms with van der Waals surface area (Å²) in [6, 6.07) is 0. The Kier molecular flexibility index (Phi) is 7.44. The van der Waals surface area contributed by atoms with Crippen LogP contribution in [-0.2, 0) is 9.53 Å². The highest BCUT2D eigenvalue weighted by atomic mass is 16.5. The molecule has 1 rings (SSSR count). The molecule has 1 fully saturated rings. The molecule has 2 radical (unpaired) electrons. The molecule has 0 aromatic rings. The van der Waals surface area contributed by atoms with E-state index in [0.29, 0.717) is 30.0 Å². The lowest BCUT2D eigenvalue weighted by molar-refractivity contribution is -0.173. The Morgan fingerprint density at radius 1 is 1.04 bits per heavy atom. The molecule has 0 N–H and O–H groups in total. The Balaban J connectivity index is 3.00.